The van der Waals surface area contributed by atoms with Crippen LogP contribution in [0.3, 0.4) is 0 Å². The van der Waals surface area contributed by atoms with Crippen LogP contribution in [0.15, 0.2) is 18.3 Å². The molecule has 0 aromatic carbocycles. The van der Waals surface area contributed by atoms with Gasteiger partial charge in [-0.25, -0.2) is 9.78 Å². The number of carboxylic acid groups (broad SMARTS) is 1. The second-order valence-electron chi connectivity index (χ2n) is 7.95. The fourth-order valence-electron chi connectivity index (χ4n) is 2.88. The second-order valence-corrected chi connectivity index (χ2v) is 7.95. The number of fused-ring (bicyclic) bond motifs is 1. The summed E-state index contributed by atoms with van der Waals surface area (Å²) in [5, 5.41) is 15.5. The average Bonchev–Trinajstić information content (AvgIpc) is 2.93. The zero-order chi connectivity index (χ0) is 20.4. The van der Waals surface area contributed by atoms with Crippen LogP contribution in [0.4, 0.5) is 5.82 Å². The molecule has 0 aliphatic carbocycles. The summed E-state index contributed by atoms with van der Waals surface area (Å²) in [6.45, 7) is 12.0. The lowest BCUT2D eigenvalue weighted by Crippen LogP contribution is -2.45. The number of carbonyl (C=O) groups is 2. The number of aliphatic carboxylic acids is 1. The minimum atomic E-state index is -1.02. The molecule has 0 bridgehead atoms. The van der Waals surface area contributed by atoms with Gasteiger partial charge in [0.05, 0.1) is 5.69 Å². The van der Waals surface area contributed by atoms with E-state index in [4.69, 9.17) is 0 Å². The summed E-state index contributed by atoms with van der Waals surface area (Å²) in [6.07, 6.45) is 3.22. The van der Waals surface area contributed by atoms with Crippen LogP contribution >= 0.6 is 0 Å². The Kier molecular flexibility index (Phi) is 6.13. The van der Waals surface area contributed by atoms with E-state index >= 15 is 0 Å². The highest BCUT2D eigenvalue weighted by atomic mass is 16.4. The second kappa shape index (κ2) is 7.98. The summed E-state index contributed by atoms with van der Waals surface area (Å²) in [5.41, 5.74) is 1.85. The number of imidazole rings is 1. The topological polar surface area (TPSA) is 95.7 Å². The van der Waals surface area contributed by atoms with Crippen LogP contribution in [0.5, 0.6) is 0 Å². The van der Waals surface area contributed by atoms with Crippen molar-refractivity contribution in [3.8, 4) is 0 Å². The van der Waals surface area contributed by atoms with Gasteiger partial charge in [-0.05, 0) is 45.2 Å². The Hall–Kier alpha value is -2.57. The zero-order valence-electron chi connectivity index (χ0n) is 17.0. The molecule has 0 aliphatic rings. The van der Waals surface area contributed by atoms with E-state index in [2.05, 4.69) is 36.4 Å². The molecule has 2 heterocycles. The first kappa shape index (κ1) is 20.7. The van der Waals surface area contributed by atoms with Crippen molar-refractivity contribution in [1.82, 2.24) is 14.7 Å². The first-order valence-corrected chi connectivity index (χ1v) is 9.40. The Morgan fingerprint density at radius 3 is 2.48 bits per heavy atom. The van der Waals surface area contributed by atoms with Crippen molar-refractivity contribution >= 4 is 23.3 Å². The summed E-state index contributed by atoms with van der Waals surface area (Å²) < 4.78 is 1.92. The Morgan fingerprint density at radius 2 is 1.96 bits per heavy atom. The predicted octanol–water partition coefficient (Wildman–Crippen LogP) is 3.34. The zero-order valence-corrected chi connectivity index (χ0v) is 17.0. The maximum atomic E-state index is 12.6. The number of aromatic nitrogens is 2. The molecule has 3 N–H and O–H groups in total. The lowest BCUT2D eigenvalue weighted by atomic mass is 9.99. The predicted molar refractivity (Wildman–Crippen MR) is 106 cm³/mol. The number of amides is 1. The fourth-order valence-corrected chi connectivity index (χ4v) is 2.88. The molecule has 0 radical (unpaired) electrons. The number of hydrogen-bond donors (Lipinski definition) is 3. The molecular formula is C20H30N4O3. The maximum absolute atomic E-state index is 12.6. The van der Waals surface area contributed by atoms with Crippen molar-refractivity contribution in [2.45, 2.75) is 66.0 Å². The number of carbonyl (C=O) groups excluding carboxylic acids is 1. The van der Waals surface area contributed by atoms with Crippen LogP contribution in [0, 0.1) is 5.92 Å². The van der Waals surface area contributed by atoms with Crippen LogP contribution in [0.25, 0.3) is 5.65 Å². The molecule has 2 unspecified atom stereocenters. The average molecular weight is 374 g/mol. The lowest BCUT2D eigenvalue weighted by molar-refractivity contribution is -0.140. The van der Waals surface area contributed by atoms with Crippen molar-refractivity contribution in [3.05, 3.63) is 29.6 Å². The standard InChI is InChI=1S/C20H30N4O3/c1-7-12(3)16(19(26)27)22-18(25)13-9-10-24-15(11-13)21-14(8-2)17(24)23-20(4,5)6/h9-12,16,23H,7-8H2,1-6H3,(H,22,25)(H,26,27). The molecule has 0 fully saturated rings. The van der Waals surface area contributed by atoms with Crippen LogP contribution in [0.2, 0.25) is 0 Å². The van der Waals surface area contributed by atoms with E-state index in [9.17, 15) is 14.7 Å². The van der Waals surface area contributed by atoms with Gasteiger partial charge in [-0.3, -0.25) is 9.20 Å². The molecule has 0 saturated heterocycles. The first-order valence-electron chi connectivity index (χ1n) is 9.40. The number of nitrogens with one attached hydrogen (secondary N) is 2. The number of nitrogens with zero attached hydrogens (tertiary/aromatic N) is 2. The SMILES string of the molecule is CCc1nc2cc(C(=O)NC(C(=O)O)C(C)CC)ccn2c1NC(C)(C)C. The molecule has 7 nitrogen and oxygen atoms in total. The number of pyridine rings is 1. The summed E-state index contributed by atoms with van der Waals surface area (Å²) in [6, 6.07) is 2.47. The molecule has 2 aromatic rings. The third-order valence-corrected chi connectivity index (χ3v) is 4.55. The molecule has 2 aromatic heterocycles. The Bertz CT molecular complexity index is 836. The van der Waals surface area contributed by atoms with E-state index < -0.39 is 17.9 Å². The molecule has 2 atom stereocenters. The van der Waals surface area contributed by atoms with Crippen molar-refractivity contribution in [1.29, 1.82) is 0 Å². The Labute approximate surface area is 160 Å². The van der Waals surface area contributed by atoms with Crippen LogP contribution in [-0.4, -0.2) is 37.9 Å². The van der Waals surface area contributed by atoms with E-state index in [0.29, 0.717) is 17.6 Å². The van der Waals surface area contributed by atoms with Crippen molar-refractivity contribution in [2.24, 2.45) is 5.92 Å². The van der Waals surface area contributed by atoms with E-state index in [1.54, 1.807) is 18.3 Å². The van der Waals surface area contributed by atoms with Gasteiger partial charge in [0.25, 0.3) is 5.91 Å². The van der Waals surface area contributed by atoms with E-state index in [-0.39, 0.29) is 11.5 Å². The third kappa shape index (κ3) is 4.78. The number of carboxylic acids is 1. The van der Waals surface area contributed by atoms with Gasteiger partial charge >= 0.3 is 5.97 Å². The summed E-state index contributed by atoms with van der Waals surface area (Å²) in [4.78, 5) is 28.7. The van der Waals surface area contributed by atoms with E-state index in [1.807, 2.05) is 25.2 Å². The third-order valence-electron chi connectivity index (χ3n) is 4.55. The van der Waals surface area contributed by atoms with Crippen LogP contribution in [0.1, 0.15) is 64.0 Å². The lowest BCUT2D eigenvalue weighted by Gasteiger charge is -2.22. The summed E-state index contributed by atoms with van der Waals surface area (Å²) in [7, 11) is 0. The maximum Gasteiger partial charge on any atom is 0.326 e. The summed E-state index contributed by atoms with van der Waals surface area (Å²) >= 11 is 0. The van der Waals surface area contributed by atoms with E-state index in [1.165, 1.54) is 0 Å². The highest BCUT2D eigenvalue weighted by Crippen LogP contribution is 2.23. The van der Waals surface area contributed by atoms with Crippen molar-refractivity contribution in [2.75, 3.05) is 5.32 Å². The number of anilines is 1. The Morgan fingerprint density at radius 1 is 1.30 bits per heavy atom. The molecule has 0 spiro atoms. The van der Waals surface area contributed by atoms with E-state index in [0.717, 1.165) is 17.9 Å². The van der Waals surface area contributed by atoms with Gasteiger partial charge in [0, 0.05) is 17.3 Å². The van der Waals surface area contributed by atoms with Gasteiger partial charge in [0.1, 0.15) is 17.5 Å². The van der Waals surface area contributed by atoms with Crippen molar-refractivity contribution in [3.63, 3.8) is 0 Å². The van der Waals surface area contributed by atoms with Crippen molar-refractivity contribution < 1.29 is 14.7 Å². The molecule has 1 amide bonds. The van der Waals surface area contributed by atoms with Crippen LogP contribution < -0.4 is 10.6 Å². The number of aryl methyl sites for hydroxylation is 1. The molecular weight excluding hydrogens is 344 g/mol. The number of hydrogen-bond acceptors (Lipinski definition) is 4. The normalized spacial score (nSPS) is 14.0. The van der Waals surface area contributed by atoms with Gasteiger partial charge < -0.3 is 15.7 Å². The van der Waals surface area contributed by atoms with Crippen LogP contribution in [-0.2, 0) is 11.2 Å². The minimum absolute atomic E-state index is 0.124. The first-order chi connectivity index (χ1) is 12.6. The highest BCUT2D eigenvalue weighted by molar-refractivity contribution is 5.97. The van der Waals surface area contributed by atoms with Gasteiger partial charge in [0.15, 0.2) is 0 Å². The molecule has 0 aliphatic heterocycles. The fraction of sp³-hybridized carbons (Fsp3) is 0.550. The van der Waals surface area contributed by atoms with Gasteiger partial charge in [-0.2, -0.15) is 0 Å². The Balaban J connectivity index is 2.35. The molecule has 0 saturated carbocycles. The quantitative estimate of drug-likeness (QED) is 0.691. The van der Waals surface area contributed by atoms with Gasteiger partial charge in [0.2, 0.25) is 0 Å². The minimum Gasteiger partial charge on any atom is -0.480 e. The highest BCUT2D eigenvalue weighted by Gasteiger charge is 2.26. The van der Waals surface area contributed by atoms with Gasteiger partial charge in [-0.15, -0.1) is 0 Å². The number of rotatable bonds is 7. The smallest absolute Gasteiger partial charge is 0.326 e. The molecule has 27 heavy (non-hydrogen) atoms. The monoisotopic (exact) mass is 374 g/mol. The molecule has 148 valence electrons. The largest absolute Gasteiger partial charge is 0.480 e. The molecule has 7 heteroatoms. The summed E-state index contributed by atoms with van der Waals surface area (Å²) in [5.74, 6) is -0.674. The van der Waals surface area contributed by atoms with Gasteiger partial charge in [-0.1, -0.05) is 27.2 Å². The molecule has 2 rings (SSSR count).